The Labute approximate surface area is 192 Å². The third kappa shape index (κ3) is 3.05. The first kappa shape index (κ1) is 19.8. The van der Waals surface area contributed by atoms with Crippen molar-refractivity contribution in [3.05, 3.63) is 81.5 Å². The number of halogens is 1. The van der Waals surface area contributed by atoms with E-state index in [2.05, 4.69) is 43.4 Å². The summed E-state index contributed by atoms with van der Waals surface area (Å²) in [6.45, 7) is 4.96. The summed E-state index contributed by atoms with van der Waals surface area (Å²) in [4.78, 5) is 13.6. The van der Waals surface area contributed by atoms with Gasteiger partial charge in [0.15, 0.2) is 12.6 Å². The second-order valence-electron chi connectivity index (χ2n) is 9.73. The van der Waals surface area contributed by atoms with Crippen LogP contribution in [0.25, 0.3) is 10.8 Å². The second kappa shape index (κ2) is 7.09. The van der Waals surface area contributed by atoms with Gasteiger partial charge in [-0.2, -0.15) is 0 Å². The number of ether oxygens (including phenoxy) is 2. The summed E-state index contributed by atoms with van der Waals surface area (Å²) in [6, 6.07) is 16.5. The number of fused-ring (bicyclic) bond motifs is 4. The lowest BCUT2D eigenvalue weighted by molar-refractivity contribution is -0.118. The summed E-state index contributed by atoms with van der Waals surface area (Å²) in [5, 5.41) is 6.53. The van der Waals surface area contributed by atoms with Gasteiger partial charge in [-0.3, -0.25) is 4.79 Å². The van der Waals surface area contributed by atoms with Crippen LogP contribution in [-0.4, -0.2) is 12.6 Å². The number of allylic oxidation sites excluding steroid dienone is 2. The van der Waals surface area contributed by atoms with Crippen molar-refractivity contribution in [2.75, 3.05) is 12.1 Å². The van der Waals surface area contributed by atoms with Gasteiger partial charge < -0.3 is 14.8 Å². The van der Waals surface area contributed by atoms with E-state index in [1.807, 2.05) is 24.3 Å². The third-order valence-corrected chi connectivity index (χ3v) is 6.99. The van der Waals surface area contributed by atoms with E-state index in [1.165, 1.54) is 0 Å². The molecule has 0 fully saturated rings. The summed E-state index contributed by atoms with van der Waals surface area (Å²) < 4.78 is 11.5. The van der Waals surface area contributed by atoms with Crippen LogP contribution < -0.4 is 10.1 Å². The molecule has 0 radical (unpaired) electrons. The van der Waals surface area contributed by atoms with Crippen molar-refractivity contribution in [3.63, 3.8) is 0 Å². The minimum atomic E-state index is -0.249. The van der Waals surface area contributed by atoms with E-state index in [0.29, 0.717) is 18.1 Å². The molecule has 0 saturated heterocycles. The molecule has 0 bridgehead atoms. The Kier molecular flexibility index (Phi) is 4.40. The zero-order chi connectivity index (χ0) is 22.0. The van der Waals surface area contributed by atoms with Crippen molar-refractivity contribution in [2.24, 2.45) is 5.41 Å². The first-order valence-electron chi connectivity index (χ1n) is 11.0. The normalized spacial score (nSPS) is 21.3. The lowest BCUT2D eigenvalue weighted by atomic mass is 9.68. The molecule has 1 atom stereocenters. The molecule has 2 aliphatic heterocycles. The van der Waals surface area contributed by atoms with Gasteiger partial charge in [0.2, 0.25) is 0 Å². The number of benzene rings is 3. The maximum absolute atomic E-state index is 13.6. The minimum Gasteiger partial charge on any atom is -0.467 e. The predicted octanol–water partition coefficient (Wildman–Crippen LogP) is 6.56. The summed E-state index contributed by atoms with van der Waals surface area (Å²) in [7, 11) is 0. The molecule has 1 N–H and O–H groups in total. The molecule has 32 heavy (non-hydrogen) atoms. The van der Waals surface area contributed by atoms with Gasteiger partial charge in [-0.15, -0.1) is 0 Å². The molecule has 0 spiro atoms. The maximum Gasteiger partial charge on any atom is 0.189 e. The molecule has 2 heterocycles. The van der Waals surface area contributed by atoms with Crippen LogP contribution >= 0.6 is 11.6 Å². The van der Waals surface area contributed by atoms with Crippen LogP contribution in [0.4, 0.5) is 5.69 Å². The standard InChI is InChI=1S/C27H24ClNO3/c1-27(2)11-21-25(22(30)12-27)24(19-10-17(28)9-16-13-31-14-32-26(16)19)23-18-6-4-3-5-15(18)7-8-20(23)29-21/h3-10,24,29H,11-14H2,1-2H3. The largest absolute Gasteiger partial charge is 0.467 e. The monoisotopic (exact) mass is 445 g/mol. The van der Waals surface area contributed by atoms with E-state index in [4.69, 9.17) is 21.1 Å². The number of ketones is 1. The van der Waals surface area contributed by atoms with E-state index in [9.17, 15) is 4.79 Å². The smallest absolute Gasteiger partial charge is 0.189 e. The van der Waals surface area contributed by atoms with Crippen molar-refractivity contribution < 1.29 is 14.3 Å². The molecule has 4 nitrogen and oxygen atoms in total. The van der Waals surface area contributed by atoms with Crippen LogP contribution in [0, 0.1) is 5.41 Å². The molecular formula is C27H24ClNO3. The van der Waals surface area contributed by atoms with Gasteiger partial charge >= 0.3 is 0 Å². The molecule has 0 aromatic heterocycles. The van der Waals surface area contributed by atoms with E-state index in [-0.39, 0.29) is 23.9 Å². The highest BCUT2D eigenvalue weighted by molar-refractivity contribution is 6.30. The van der Waals surface area contributed by atoms with Crippen molar-refractivity contribution in [2.45, 2.75) is 39.2 Å². The first-order valence-corrected chi connectivity index (χ1v) is 11.4. The van der Waals surface area contributed by atoms with Gasteiger partial charge in [-0.05, 0) is 46.4 Å². The molecule has 0 amide bonds. The Hall–Kier alpha value is -2.82. The number of nitrogens with one attached hydrogen (secondary N) is 1. The molecule has 6 rings (SSSR count). The van der Waals surface area contributed by atoms with E-state index in [1.54, 1.807) is 0 Å². The van der Waals surface area contributed by atoms with Crippen molar-refractivity contribution in [3.8, 4) is 5.75 Å². The number of rotatable bonds is 1. The van der Waals surface area contributed by atoms with Gasteiger partial charge in [0.05, 0.1) is 6.61 Å². The summed E-state index contributed by atoms with van der Waals surface area (Å²) in [5.74, 6) is 0.727. The Morgan fingerprint density at radius 1 is 1.09 bits per heavy atom. The van der Waals surface area contributed by atoms with Gasteiger partial charge in [-0.1, -0.05) is 55.8 Å². The van der Waals surface area contributed by atoms with Gasteiger partial charge in [0, 0.05) is 45.4 Å². The van der Waals surface area contributed by atoms with Crippen molar-refractivity contribution >= 4 is 33.8 Å². The highest BCUT2D eigenvalue weighted by Gasteiger charge is 2.42. The Bertz CT molecular complexity index is 1320. The zero-order valence-electron chi connectivity index (χ0n) is 18.1. The molecule has 5 heteroatoms. The van der Waals surface area contributed by atoms with Crippen molar-refractivity contribution in [1.82, 2.24) is 0 Å². The van der Waals surface area contributed by atoms with Gasteiger partial charge in [-0.25, -0.2) is 0 Å². The van der Waals surface area contributed by atoms with E-state index in [0.717, 1.165) is 56.6 Å². The number of carbonyl (C=O) groups is 1. The maximum atomic E-state index is 13.6. The van der Waals surface area contributed by atoms with Crippen LogP contribution in [-0.2, 0) is 16.1 Å². The van der Waals surface area contributed by atoms with Crippen molar-refractivity contribution in [1.29, 1.82) is 0 Å². The fourth-order valence-corrected chi connectivity index (χ4v) is 5.79. The summed E-state index contributed by atoms with van der Waals surface area (Å²) >= 11 is 6.58. The van der Waals surface area contributed by atoms with Crippen LogP contribution in [0.3, 0.4) is 0 Å². The molecule has 1 unspecified atom stereocenters. The number of Topliss-reactive ketones (excluding diaryl/α,β-unsaturated/α-hetero) is 1. The SMILES string of the molecule is CC1(C)CC(=O)C2=C(C1)Nc1ccc3ccccc3c1C2c1cc(Cl)cc2c1OCOC2. The fourth-order valence-electron chi connectivity index (χ4n) is 5.54. The minimum absolute atomic E-state index is 0.0834. The van der Waals surface area contributed by atoms with Crippen LogP contribution in [0.5, 0.6) is 5.75 Å². The van der Waals surface area contributed by atoms with Crippen LogP contribution in [0.15, 0.2) is 59.8 Å². The van der Waals surface area contributed by atoms with E-state index < -0.39 is 0 Å². The van der Waals surface area contributed by atoms with Gasteiger partial charge in [0.25, 0.3) is 0 Å². The Balaban J connectivity index is 1.69. The summed E-state index contributed by atoms with van der Waals surface area (Å²) in [6.07, 6.45) is 1.35. The lowest BCUT2D eigenvalue weighted by Gasteiger charge is -2.40. The van der Waals surface area contributed by atoms with Crippen LogP contribution in [0.2, 0.25) is 5.02 Å². The highest BCUT2D eigenvalue weighted by atomic mass is 35.5. The molecule has 162 valence electrons. The molecule has 3 aromatic rings. The molecule has 1 aliphatic carbocycles. The molecular weight excluding hydrogens is 422 g/mol. The molecule has 3 aliphatic rings. The van der Waals surface area contributed by atoms with Crippen LogP contribution in [0.1, 0.15) is 49.3 Å². The Morgan fingerprint density at radius 3 is 2.81 bits per heavy atom. The number of hydrogen-bond donors (Lipinski definition) is 1. The summed E-state index contributed by atoms with van der Waals surface area (Å²) in [5.41, 5.74) is 5.78. The molecule has 3 aromatic carbocycles. The first-order chi connectivity index (χ1) is 15.4. The van der Waals surface area contributed by atoms with Gasteiger partial charge in [0.1, 0.15) is 5.75 Å². The number of carbonyl (C=O) groups excluding carboxylic acids is 1. The Morgan fingerprint density at radius 2 is 1.94 bits per heavy atom. The quantitative estimate of drug-likeness (QED) is 0.460. The third-order valence-electron chi connectivity index (χ3n) is 6.77. The second-order valence-corrected chi connectivity index (χ2v) is 10.2. The lowest BCUT2D eigenvalue weighted by Crippen LogP contribution is -2.34. The number of anilines is 1. The predicted molar refractivity (Wildman–Crippen MR) is 126 cm³/mol. The fraction of sp³-hybridized carbons (Fsp3) is 0.296. The zero-order valence-corrected chi connectivity index (χ0v) is 18.9. The molecule has 0 saturated carbocycles. The topological polar surface area (TPSA) is 47.6 Å². The average molecular weight is 446 g/mol. The van der Waals surface area contributed by atoms with E-state index >= 15 is 0 Å². The number of hydrogen-bond acceptors (Lipinski definition) is 4. The average Bonchev–Trinajstić information content (AvgIpc) is 2.76. The highest BCUT2D eigenvalue weighted by Crippen LogP contribution is 2.53.